The maximum Gasteiger partial charge on any atom is 0.0225 e. The Hall–Kier alpha value is -0.760. The maximum atomic E-state index is 3.69. The van der Waals surface area contributed by atoms with Crippen LogP contribution in [0.4, 0.5) is 0 Å². The summed E-state index contributed by atoms with van der Waals surface area (Å²) in [7, 11) is 0. The van der Waals surface area contributed by atoms with Crippen LogP contribution in [0.2, 0.25) is 0 Å². The van der Waals surface area contributed by atoms with Gasteiger partial charge < -0.3 is 9.88 Å². The minimum Gasteiger partial charge on any atom is -0.349 e. The molecule has 0 aromatic carbocycles. The molecule has 0 radical (unpaired) electrons. The molecule has 2 nitrogen and oxygen atoms in total. The predicted molar refractivity (Wildman–Crippen MR) is 80.0 cm³/mol. The summed E-state index contributed by atoms with van der Waals surface area (Å²) < 4.78 is 2.39. The van der Waals surface area contributed by atoms with E-state index in [1.165, 1.54) is 29.8 Å². The van der Waals surface area contributed by atoms with Gasteiger partial charge in [0.05, 0.1) is 0 Å². The standard InChI is InChI=1S/C16H30N2/c1-7-15(8-2)13(5)17-11-16-10-12(4)18(9-3)14(16)6/h10,13,15,17H,7-9,11H2,1-6H3. The second-order valence-corrected chi connectivity index (χ2v) is 5.39. The minimum absolute atomic E-state index is 0.602. The molecule has 1 N–H and O–H groups in total. The number of nitrogens with one attached hydrogen (secondary N) is 1. The summed E-state index contributed by atoms with van der Waals surface area (Å²) in [5, 5.41) is 3.69. The van der Waals surface area contributed by atoms with E-state index in [9.17, 15) is 0 Å². The van der Waals surface area contributed by atoms with Crippen LogP contribution in [-0.2, 0) is 13.1 Å². The van der Waals surface area contributed by atoms with Gasteiger partial charge in [0.2, 0.25) is 0 Å². The Balaban J connectivity index is 2.63. The molecule has 1 unspecified atom stereocenters. The number of nitrogens with zero attached hydrogens (tertiary/aromatic N) is 1. The third kappa shape index (κ3) is 3.38. The molecular weight excluding hydrogens is 220 g/mol. The highest BCUT2D eigenvalue weighted by atomic mass is 15.0. The molecule has 0 aliphatic rings. The average molecular weight is 250 g/mol. The van der Waals surface area contributed by atoms with Crippen molar-refractivity contribution in [1.29, 1.82) is 0 Å². The third-order valence-corrected chi connectivity index (χ3v) is 4.37. The van der Waals surface area contributed by atoms with E-state index >= 15 is 0 Å². The number of aromatic nitrogens is 1. The van der Waals surface area contributed by atoms with E-state index in [0.29, 0.717) is 6.04 Å². The molecule has 104 valence electrons. The van der Waals surface area contributed by atoms with Crippen molar-refractivity contribution in [3.05, 3.63) is 23.0 Å². The second-order valence-electron chi connectivity index (χ2n) is 5.39. The van der Waals surface area contributed by atoms with Crippen molar-refractivity contribution in [2.24, 2.45) is 5.92 Å². The zero-order chi connectivity index (χ0) is 13.7. The summed E-state index contributed by atoms with van der Waals surface area (Å²) in [5.41, 5.74) is 4.24. The van der Waals surface area contributed by atoms with Crippen LogP contribution in [-0.4, -0.2) is 10.6 Å². The number of hydrogen-bond donors (Lipinski definition) is 1. The van der Waals surface area contributed by atoms with E-state index in [1.54, 1.807) is 0 Å². The Morgan fingerprint density at radius 2 is 1.78 bits per heavy atom. The highest BCUT2D eigenvalue weighted by Gasteiger charge is 2.14. The molecule has 0 amide bonds. The Labute approximate surface area is 113 Å². The van der Waals surface area contributed by atoms with Gasteiger partial charge in [-0.1, -0.05) is 26.7 Å². The largest absolute Gasteiger partial charge is 0.349 e. The monoisotopic (exact) mass is 250 g/mol. The van der Waals surface area contributed by atoms with Gasteiger partial charge in [0.1, 0.15) is 0 Å². The number of hydrogen-bond acceptors (Lipinski definition) is 1. The SMILES string of the molecule is CCC(CC)C(C)NCc1cc(C)n(CC)c1C. The summed E-state index contributed by atoms with van der Waals surface area (Å²) >= 11 is 0. The average Bonchev–Trinajstić information content (AvgIpc) is 2.63. The lowest BCUT2D eigenvalue weighted by Gasteiger charge is -2.22. The zero-order valence-corrected chi connectivity index (χ0v) is 13.0. The lowest BCUT2D eigenvalue weighted by atomic mass is 9.95. The number of aryl methyl sites for hydroxylation is 1. The molecule has 1 aromatic rings. The molecule has 0 spiro atoms. The van der Waals surface area contributed by atoms with Gasteiger partial charge in [-0.15, -0.1) is 0 Å². The smallest absolute Gasteiger partial charge is 0.0225 e. The van der Waals surface area contributed by atoms with Crippen molar-refractivity contribution >= 4 is 0 Å². The first-order valence-corrected chi connectivity index (χ1v) is 7.44. The quantitative estimate of drug-likeness (QED) is 0.773. The van der Waals surface area contributed by atoms with Gasteiger partial charge in [-0.25, -0.2) is 0 Å². The lowest BCUT2D eigenvalue weighted by molar-refractivity contribution is 0.353. The van der Waals surface area contributed by atoms with E-state index < -0.39 is 0 Å². The van der Waals surface area contributed by atoms with Gasteiger partial charge in [0.15, 0.2) is 0 Å². The summed E-state index contributed by atoms with van der Waals surface area (Å²) in [5.74, 6) is 0.791. The van der Waals surface area contributed by atoms with Gasteiger partial charge in [-0.2, -0.15) is 0 Å². The molecule has 2 heteroatoms. The van der Waals surface area contributed by atoms with Crippen LogP contribution in [0.3, 0.4) is 0 Å². The Morgan fingerprint density at radius 3 is 2.22 bits per heavy atom. The van der Waals surface area contributed by atoms with Crippen molar-refractivity contribution < 1.29 is 0 Å². The molecule has 0 aliphatic carbocycles. The van der Waals surface area contributed by atoms with Crippen molar-refractivity contribution in [2.75, 3.05) is 0 Å². The van der Waals surface area contributed by atoms with Gasteiger partial charge in [-0.05, 0) is 45.2 Å². The fourth-order valence-electron chi connectivity index (χ4n) is 2.97. The first-order valence-electron chi connectivity index (χ1n) is 7.44. The molecule has 18 heavy (non-hydrogen) atoms. The molecule has 0 fully saturated rings. The molecule has 0 bridgehead atoms. The van der Waals surface area contributed by atoms with Crippen LogP contribution in [0.1, 0.15) is 57.5 Å². The summed E-state index contributed by atoms with van der Waals surface area (Å²) in [6, 6.07) is 2.93. The van der Waals surface area contributed by atoms with E-state index in [2.05, 4.69) is 57.5 Å². The summed E-state index contributed by atoms with van der Waals surface area (Å²) in [6.07, 6.45) is 2.53. The minimum atomic E-state index is 0.602. The molecule has 0 saturated carbocycles. The molecule has 1 heterocycles. The fraction of sp³-hybridized carbons (Fsp3) is 0.750. The van der Waals surface area contributed by atoms with Crippen molar-refractivity contribution in [1.82, 2.24) is 9.88 Å². The van der Waals surface area contributed by atoms with Crippen molar-refractivity contribution in [3.8, 4) is 0 Å². The van der Waals surface area contributed by atoms with Crippen LogP contribution in [0.15, 0.2) is 6.07 Å². The second kappa shape index (κ2) is 6.98. The first kappa shape index (κ1) is 15.3. The first-order chi connectivity index (χ1) is 8.54. The molecule has 1 rings (SSSR count). The molecule has 1 aromatic heterocycles. The van der Waals surface area contributed by atoms with Gasteiger partial charge in [-0.3, -0.25) is 0 Å². The van der Waals surface area contributed by atoms with Crippen LogP contribution < -0.4 is 5.32 Å². The van der Waals surface area contributed by atoms with Gasteiger partial charge in [0, 0.05) is 30.5 Å². The number of rotatable bonds is 7. The van der Waals surface area contributed by atoms with Crippen LogP contribution in [0, 0.1) is 19.8 Å². The maximum absolute atomic E-state index is 3.69. The fourth-order valence-corrected chi connectivity index (χ4v) is 2.97. The summed E-state index contributed by atoms with van der Waals surface area (Å²) in [4.78, 5) is 0. The Morgan fingerprint density at radius 1 is 1.17 bits per heavy atom. The molecule has 0 saturated heterocycles. The van der Waals surface area contributed by atoms with Gasteiger partial charge in [0.25, 0.3) is 0 Å². The van der Waals surface area contributed by atoms with Crippen molar-refractivity contribution in [3.63, 3.8) is 0 Å². The highest BCUT2D eigenvalue weighted by Crippen LogP contribution is 2.17. The third-order valence-electron chi connectivity index (χ3n) is 4.37. The van der Waals surface area contributed by atoms with Crippen LogP contribution in [0.5, 0.6) is 0 Å². The molecule has 1 atom stereocenters. The van der Waals surface area contributed by atoms with E-state index in [4.69, 9.17) is 0 Å². The molecule has 0 aliphatic heterocycles. The van der Waals surface area contributed by atoms with E-state index in [-0.39, 0.29) is 0 Å². The predicted octanol–water partition coefficient (Wildman–Crippen LogP) is 4.04. The molecular formula is C16H30N2. The van der Waals surface area contributed by atoms with E-state index in [1.807, 2.05) is 0 Å². The topological polar surface area (TPSA) is 17.0 Å². The van der Waals surface area contributed by atoms with E-state index in [0.717, 1.165) is 19.0 Å². The Bertz CT molecular complexity index is 361. The lowest BCUT2D eigenvalue weighted by Crippen LogP contribution is -2.32. The van der Waals surface area contributed by atoms with Crippen LogP contribution in [0.25, 0.3) is 0 Å². The Kier molecular flexibility index (Phi) is 5.94. The normalized spacial score (nSPS) is 13.3. The highest BCUT2D eigenvalue weighted by molar-refractivity contribution is 5.26. The summed E-state index contributed by atoms with van der Waals surface area (Å²) in [6.45, 7) is 15.6. The zero-order valence-electron chi connectivity index (χ0n) is 13.0. The van der Waals surface area contributed by atoms with Crippen molar-refractivity contribution in [2.45, 2.75) is 73.5 Å². The van der Waals surface area contributed by atoms with Crippen LogP contribution >= 0.6 is 0 Å². The van der Waals surface area contributed by atoms with Gasteiger partial charge >= 0.3 is 0 Å².